The molecule has 2 aromatic rings. The third kappa shape index (κ3) is 3.84. The van der Waals surface area contributed by atoms with Gasteiger partial charge in [0.05, 0.1) is 0 Å². The van der Waals surface area contributed by atoms with Gasteiger partial charge in [0.25, 0.3) is 5.89 Å². The zero-order valence-electron chi connectivity index (χ0n) is 14.0. The number of benzene rings is 1. The third-order valence-electron chi connectivity index (χ3n) is 4.04. The van der Waals surface area contributed by atoms with Crippen LogP contribution in [-0.2, 0) is 6.61 Å². The molecule has 0 bridgehead atoms. The lowest BCUT2D eigenvalue weighted by molar-refractivity contribution is 0.208. The lowest BCUT2D eigenvalue weighted by atomic mass is 10.1. The number of carbonyl (C=O) groups is 1. The molecule has 0 aliphatic carbocycles. The Morgan fingerprint density at radius 1 is 1.42 bits per heavy atom. The van der Waals surface area contributed by atoms with Crippen molar-refractivity contribution in [3.63, 3.8) is 0 Å². The SMILES string of the molecule is CCNC(=O)N1CCC(c2noc(COc3ccc(C)cc3)n2)C1. The Hall–Kier alpha value is -2.57. The number of aryl methyl sites for hydroxylation is 1. The molecular weight excluding hydrogens is 308 g/mol. The van der Waals surface area contributed by atoms with Crippen LogP contribution in [0.2, 0.25) is 0 Å². The average molecular weight is 330 g/mol. The summed E-state index contributed by atoms with van der Waals surface area (Å²) in [6.45, 7) is 6.13. The third-order valence-corrected chi connectivity index (χ3v) is 4.04. The molecule has 0 radical (unpaired) electrons. The second kappa shape index (κ2) is 7.33. The molecule has 1 N–H and O–H groups in total. The van der Waals surface area contributed by atoms with Gasteiger partial charge in [-0.1, -0.05) is 22.9 Å². The van der Waals surface area contributed by atoms with Crippen molar-refractivity contribution in [3.05, 3.63) is 41.5 Å². The summed E-state index contributed by atoms with van der Waals surface area (Å²) in [5, 5.41) is 6.85. The molecule has 1 fully saturated rings. The first-order chi connectivity index (χ1) is 11.7. The predicted molar refractivity (Wildman–Crippen MR) is 87.8 cm³/mol. The largest absolute Gasteiger partial charge is 0.484 e. The molecule has 0 saturated carbocycles. The summed E-state index contributed by atoms with van der Waals surface area (Å²) >= 11 is 0. The van der Waals surface area contributed by atoms with Gasteiger partial charge in [-0.3, -0.25) is 0 Å². The fourth-order valence-electron chi connectivity index (χ4n) is 2.69. The molecule has 1 unspecified atom stereocenters. The Kier molecular flexibility index (Phi) is 4.98. The highest BCUT2D eigenvalue weighted by Crippen LogP contribution is 2.25. The van der Waals surface area contributed by atoms with Gasteiger partial charge in [0.2, 0.25) is 0 Å². The number of amides is 2. The van der Waals surface area contributed by atoms with Crippen molar-refractivity contribution in [2.24, 2.45) is 0 Å². The van der Waals surface area contributed by atoms with Crippen LogP contribution < -0.4 is 10.1 Å². The molecule has 1 atom stereocenters. The number of hydrogen-bond donors (Lipinski definition) is 1. The van der Waals surface area contributed by atoms with Crippen LogP contribution in [0.1, 0.15) is 36.5 Å². The van der Waals surface area contributed by atoms with E-state index in [0.29, 0.717) is 31.3 Å². The maximum Gasteiger partial charge on any atom is 0.317 e. The van der Waals surface area contributed by atoms with Gasteiger partial charge in [0.15, 0.2) is 12.4 Å². The average Bonchev–Trinajstić information content (AvgIpc) is 3.24. The molecule has 0 spiro atoms. The normalized spacial score (nSPS) is 17.1. The highest BCUT2D eigenvalue weighted by atomic mass is 16.5. The topological polar surface area (TPSA) is 80.5 Å². The predicted octanol–water partition coefficient (Wildman–Crippen LogP) is 2.48. The fraction of sp³-hybridized carbons (Fsp3) is 0.471. The van der Waals surface area contributed by atoms with Crippen molar-refractivity contribution in [3.8, 4) is 5.75 Å². The lowest BCUT2D eigenvalue weighted by Crippen LogP contribution is -2.38. The van der Waals surface area contributed by atoms with Crippen molar-refractivity contribution in [1.29, 1.82) is 0 Å². The summed E-state index contributed by atoms with van der Waals surface area (Å²) in [4.78, 5) is 18.0. The molecule has 7 nitrogen and oxygen atoms in total. The smallest absolute Gasteiger partial charge is 0.317 e. The zero-order valence-corrected chi connectivity index (χ0v) is 14.0. The molecular formula is C17H22N4O3. The Labute approximate surface area is 141 Å². The van der Waals surface area contributed by atoms with Crippen LogP contribution in [0.4, 0.5) is 4.79 Å². The highest BCUT2D eigenvalue weighted by Gasteiger charge is 2.30. The van der Waals surface area contributed by atoms with E-state index in [-0.39, 0.29) is 18.6 Å². The molecule has 1 aromatic carbocycles. The van der Waals surface area contributed by atoms with Gasteiger partial charge < -0.3 is 19.5 Å². The maximum absolute atomic E-state index is 11.8. The Morgan fingerprint density at radius 2 is 2.21 bits per heavy atom. The van der Waals surface area contributed by atoms with E-state index in [4.69, 9.17) is 9.26 Å². The minimum Gasteiger partial charge on any atom is -0.484 e. The van der Waals surface area contributed by atoms with E-state index in [9.17, 15) is 4.79 Å². The van der Waals surface area contributed by atoms with Crippen molar-refractivity contribution in [2.75, 3.05) is 19.6 Å². The molecule has 1 aliphatic rings. The van der Waals surface area contributed by atoms with Gasteiger partial charge in [-0.15, -0.1) is 0 Å². The Balaban J connectivity index is 1.54. The first kappa shape index (κ1) is 16.3. The first-order valence-electron chi connectivity index (χ1n) is 8.20. The standard InChI is InChI=1S/C17H22N4O3/c1-3-18-17(22)21-9-8-13(10-21)16-19-15(24-20-16)11-23-14-6-4-12(2)5-7-14/h4-7,13H,3,8-11H2,1-2H3,(H,18,22). The van der Waals surface area contributed by atoms with Crippen LogP contribution in [0.3, 0.4) is 0 Å². The lowest BCUT2D eigenvalue weighted by Gasteiger charge is -2.15. The van der Waals surface area contributed by atoms with Crippen LogP contribution in [0.15, 0.2) is 28.8 Å². The van der Waals surface area contributed by atoms with E-state index in [1.54, 1.807) is 4.90 Å². The summed E-state index contributed by atoms with van der Waals surface area (Å²) in [7, 11) is 0. The summed E-state index contributed by atoms with van der Waals surface area (Å²) in [5.74, 6) is 1.97. The quantitative estimate of drug-likeness (QED) is 0.911. The minimum absolute atomic E-state index is 0.0357. The Bertz CT molecular complexity index is 683. The molecule has 7 heteroatoms. The van der Waals surface area contributed by atoms with Gasteiger partial charge in [-0.2, -0.15) is 4.98 Å². The second-order valence-electron chi connectivity index (χ2n) is 5.92. The monoisotopic (exact) mass is 330 g/mol. The van der Waals surface area contributed by atoms with Crippen molar-refractivity contribution >= 4 is 6.03 Å². The fourth-order valence-corrected chi connectivity index (χ4v) is 2.69. The van der Waals surface area contributed by atoms with Crippen LogP contribution >= 0.6 is 0 Å². The first-order valence-corrected chi connectivity index (χ1v) is 8.20. The number of carbonyl (C=O) groups excluding carboxylic acids is 1. The molecule has 2 amide bonds. The van der Waals surface area contributed by atoms with Crippen LogP contribution in [0, 0.1) is 6.92 Å². The number of rotatable bonds is 5. The molecule has 1 aromatic heterocycles. The summed E-state index contributed by atoms with van der Waals surface area (Å²) in [5.41, 5.74) is 1.18. The van der Waals surface area contributed by atoms with Gasteiger partial charge in [-0.05, 0) is 32.4 Å². The number of aromatic nitrogens is 2. The van der Waals surface area contributed by atoms with E-state index in [1.807, 2.05) is 38.1 Å². The van der Waals surface area contributed by atoms with Crippen molar-refractivity contribution < 1.29 is 14.1 Å². The van der Waals surface area contributed by atoms with Crippen LogP contribution in [0.25, 0.3) is 0 Å². The van der Waals surface area contributed by atoms with Crippen molar-refractivity contribution in [1.82, 2.24) is 20.4 Å². The molecule has 3 rings (SSSR count). The van der Waals surface area contributed by atoms with Gasteiger partial charge in [-0.25, -0.2) is 4.79 Å². The maximum atomic E-state index is 11.8. The van der Waals surface area contributed by atoms with Gasteiger partial charge >= 0.3 is 6.03 Å². The van der Waals surface area contributed by atoms with E-state index < -0.39 is 0 Å². The summed E-state index contributed by atoms with van der Waals surface area (Å²) < 4.78 is 10.9. The molecule has 24 heavy (non-hydrogen) atoms. The van der Waals surface area contributed by atoms with E-state index in [1.165, 1.54) is 5.56 Å². The number of likely N-dealkylation sites (tertiary alicyclic amines) is 1. The number of nitrogens with one attached hydrogen (secondary N) is 1. The number of nitrogens with zero attached hydrogens (tertiary/aromatic N) is 3. The van der Waals surface area contributed by atoms with Gasteiger partial charge in [0.1, 0.15) is 5.75 Å². The second-order valence-corrected chi connectivity index (χ2v) is 5.92. The molecule has 128 valence electrons. The summed E-state index contributed by atoms with van der Waals surface area (Å²) in [6, 6.07) is 7.76. The van der Waals surface area contributed by atoms with E-state index in [2.05, 4.69) is 15.5 Å². The molecule has 1 aliphatic heterocycles. The number of urea groups is 1. The van der Waals surface area contributed by atoms with Crippen molar-refractivity contribution in [2.45, 2.75) is 32.8 Å². The summed E-state index contributed by atoms with van der Waals surface area (Å²) in [6.07, 6.45) is 0.842. The van der Waals surface area contributed by atoms with Crippen LogP contribution in [-0.4, -0.2) is 40.7 Å². The van der Waals surface area contributed by atoms with E-state index in [0.717, 1.165) is 12.2 Å². The zero-order chi connectivity index (χ0) is 16.9. The number of hydrogen-bond acceptors (Lipinski definition) is 5. The Morgan fingerprint density at radius 3 is 2.96 bits per heavy atom. The number of ether oxygens (including phenoxy) is 1. The molecule has 2 heterocycles. The van der Waals surface area contributed by atoms with Gasteiger partial charge in [0, 0.05) is 25.6 Å². The van der Waals surface area contributed by atoms with E-state index >= 15 is 0 Å². The van der Waals surface area contributed by atoms with Crippen LogP contribution in [0.5, 0.6) is 5.75 Å². The minimum atomic E-state index is -0.0357. The highest BCUT2D eigenvalue weighted by molar-refractivity contribution is 5.74. The molecule has 1 saturated heterocycles.